The standard InChI is InChI=1S/C13H17NO2/c1-10-5-3-4-6-12(10)9-14-11(2)7-8-16-13(14)15/h3-6,11H,7-9H2,1-2H3. The molecule has 0 N–H and O–H groups in total. The van der Waals surface area contributed by atoms with Gasteiger partial charge in [-0.3, -0.25) is 0 Å². The predicted octanol–water partition coefficient (Wildman–Crippen LogP) is 2.73. The Morgan fingerprint density at radius 2 is 2.19 bits per heavy atom. The molecule has 2 rings (SSSR count). The van der Waals surface area contributed by atoms with Crippen molar-refractivity contribution in [3.63, 3.8) is 0 Å². The minimum atomic E-state index is -0.193. The van der Waals surface area contributed by atoms with Crippen LogP contribution in [-0.4, -0.2) is 23.6 Å². The Hall–Kier alpha value is -1.51. The Kier molecular flexibility index (Phi) is 3.13. The summed E-state index contributed by atoms with van der Waals surface area (Å²) in [7, 11) is 0. The smallest absolute Gasteiger partial charge is 0.410 e. The SMILES string of the molecule is Cc1ccccc1CN1C(=O)OCCC1C. The minimum absolute atomic E-state index is 0.193. The van der Waals surface area contributed by atoms with Crippen molar-refractivity contribution in [2.45, 2.75) is 32.9 Å². The molecular weight excluding hydrogens is 202 g/mol. The van der Waals surface area contributed by atoms with Gasteiger partial charge in [-0.25, -0.2) is 4.79 Å². The zero-order chi connectivity index (χ0) is 11.5. The molecule has 1 aliphatic heterocycles. The van der Waals surface area contributed by atoms with Crippen molar-refractivity contribution < 1.29 is 9.53 Å². The summed E-state index contributed by atoms with van der Waals surface area (Å²) in [5.74, 6) is 0. The maximum Gasteiger partial charge on any atom is 0.410 e. The van der Waals surface area contributed by atoms with E-state index in [9.17, 15) is 4.79 Å². The third kappa shape index (κ3) is 2.18. The van der Waals surface area contributed by atoms with Crippen LogP contribution in [0.15, 0.2) is 24.3 Å². The number of rotatable bonds is 2. The zero-order valence-electron chi connectivity index (χ0n) is 9.77. The summed E-state index contributed by atoms with van der Waals surface area (Å²) in [6.45, 7) is 5.32. The molecule has 0 aromatic heterocycles. The summed E-state index contributed by atoms with van der Waals surface area (Å²) < 4.78 is 5.06. The van der Waals surface area contributed by atoms with E-state index in [0.717, 1.165) is 6.42 Å². The summed E-state index contributed by atoms with van der Waals surface area (Å²) in [6, 6.07) is 8.40. The van der Waals surface area contributed by atoms with Gasteiger partial charge in [0.2, 0.25) is 0 Å². The molecule has 1 aromatic rings. The van der Waals surface area contributed by atoms with Gasteiger partial charge in [0.15, 0.2) is 0 Å². The molecular formula is C13H17NO2. The summed E-state index contributed by atoms with van der Waals surface area (Å²) >= 11 is 0. The van der Waals surface area contributed by atoms with E-state index in [2.05, 4.69) is 26.0 Å². The maximum atomic E-state index is 11.6. The predicted molar refractivity (Wildman–Crippen MR) is 62.1 cm³/mol. The number of carbonyl (C=O) groups is 1. The molecule has 1 aliphatic rings. The fourth-order valence-electron chi connectivity index (χ4n) is 1.93. The maximum absolute atomic E-state index is 11.6. The molecule has 3 heteroatoms. The molecule has 1 heterocycles. The van der Waals surface area contributed by atoms with E-state index in [-0.39, 0.29) is 12.1 Å². The van der Waals surface area contributed by atoms with E-state index in [4.69, 9.17) is 4.74 Å². The van der Waals surface area contributed by atoms with Crippen LogP contribution in [0, 0.1) is 6.92 Å². The average molecular weight is 219 g/mol. The van der Waals surface area contributed by atoms with Crippen LogP contribution in [-0.2, 0) is 11.3 Å². The number of aryl methyl sites for hydroxylation is 1. The fourth-order valence-corrected chi connectivity index (χ4v) is 1.93. The third-order valence-corrected chi connectivity index (χ3v) is 3.13. The third-order valence-electron chi connectivity index (χ3n) is 3.13. The number of hydrogen-bond acceptors (Lipinski definition) is 2. The molecule has 1 atom stereocenters. The van der Waals surface area contributed by atoms with Gasteiger partial charge in [-0.15, -0.1) is 0 Å². The average Bonchev–Trinajstić information content (AvgIpc) is 2.26. The molecule has 1 aromatic carbocycles. The highest BCUT2D eigenvalue weighted by Gasteiger charge is 2.26. The molecule has 0 radical (unpaired) electrons. The highest BCUT2D eigenvalue weighted by atomic mass is 16.6. The number of ether oxygens (including phenoxy) is 1. The van der Waals surface area contributed by atoms with Crippen molar-refractivity contribution in [1.82, 2.24) is 4.90 Å². The van der Waals surface area contributed by atoms with Gasteiger partial charge in [-0.1, -0.05) is 24.3 Å². The van der Waals surface area contributed by atoms with Crippen LogP contribution in [0.5, 0.6) is 0 Å². The van der Waals surface area contributed by atoms with Crippen LogP contribution in [0.4, 0.5) is 4.79 Å². The van der Waals surface area contributed by atoms with Crippen molar-refractivity contribution in [2.75, 3.05) is 6.61 Å². The first-order chi connectivity index (χ1) is 7.68. The first kappa shape index (κ1) is 11.0. The van der Waals surface area contributed by atoms with Crippen molar-refractivity contribution in [1.29, 1.82) is 0 Å². The second-order valence-corrected chi connectivity index (χ2v) is 4.31. The lowest BCUT2D eigenvalue weighted by Gasteiger charge is -2.33. The Labute approximate surface area is 96.0 Å². The van der Waals surface area contributed by atoms with Gasteiger partial charge >= 0.3 is 6.09 Å². The molecule has 0 bridgehead atoms. The number of amides is 1. The van der Waals surface area contributed by atoms with E-state index in [1.165, 1.54) is 11.1 Å². The van der Waals surface area contributed by atoms with E-state index < -0.39 is 0 Å². The van der Waals surface area contributed by atoms with Crippen molar-refractivity contribution in [3.05, 3.63) is 35.4 Å². The highest BCUT2D eigenvalue weighted by Crippen LogP contribution is 2.18. The van der Waals surface area contributed by atoms with Crippen LogP contribution < -0.4 is 0 Å². The van der Waals surface area contributed by atoms with Gasteiger partial charge in [0, 0.05) is 19.0 Å². The first-order valence-corrected chi connectivity index (χ1v) is 5.66. The van der Waals surface area contributed by atoms with E-state index in [0.29, 0.717) is 13.2 Å². The highest BCUT2D eigenvalue weighted by molar-refractivity contribution is 5.68. The van der Waals surface area contributed by atoms with Crippen LogP contribution in [0.2, 0.25) is 0 Å². The Bertz CT molecular complexity index is 389. The quantitative estimate of drug-likeness (QED) is 0.765. The summed E-state index contributed by atoms with van der Waals surface area (Å²) in [6.07, 6.45) is 0.722. The molecule has 16 heavy (non-hydrogen) atoms. The summed E-state index contributed by atoms with van der Waals surface area (Å²) in [5, 5.41) is 0. The van der Waals surface area contributed by atoms with Gasteiger partial charge in [0.1, 0.15) is 0 Å². The number of benzene rings is 1. The fraction of sp³-hybridized carbons (Fsp3) is 0.462. The van der Waals surface area contributed by atoms with Crippen LogP contribution in [0.3, 0.4) is 0 Å². The van der Waals surface area contributed by atoms with Gasteiger partial charge < -0.3 is 9.64 Å². The zero-order valence-corrected chi connectivity index (χ0v) is 9.77. The Morgan fingerprint density at radius 3 is 2.88 bits per heavy atom. The Morgan fingerprint density at radius 1 is 1.44 bits per heavy atom. The van der Waals surface area contributed by atoms with E-state index in [1.807, 2.05) is 12.1 Å². The van der Waals surface area contributed by atoms with Gasteiger partial charge in [0.25, 0.3) is 0 Å². The largest absolute Gasteiger partial charge is 0.449 e. The topological polar surface area (TPSA) is 29.5 Å². The van der Waals surface area contributed by atoms with Gasteiger partial charge in [-0.05, 0) is 25.0 Å². The molecule has 86 valence electrons. The summed E-state index contributed by atoms with van der Waals surface area (Å²) in [5.41, 5.74) is 2.40. The Balaban J connectivity index is 2.14. The minimum Gasteiger partial charge on any atom is -0.449 e. The normalized spacial score (nSPS) is 20.8. The van der Waals surface area contributed by atoms with Crippen LogP contribution >= 0.6 is 0 Å². The number of hydrogen-bond donors (Lipinski definition) is 0. The van der Waals surface area contributed by atoms with Gasteiger partial charge in [0.05, 0.1) is 6.61 Å². The van der Waals surface area contributed by atoms with E-state index in [1.54, 1.807) is 4.90 Å². The first-order valence-electron chi connectivity index (χ1n) is 5.66. The van der Waals surface area contributed by atoms with E-state index >= 15 is 0 Å². The lowest BCUT2D eigenvalue weighted by molar-refractivity contribution is 0.0456. The van der Waals surface area contributed by atoms with Crippen LogP contribution in [0.1, 0.15) is 24.5 Å². The molecule has 1 amide bonds. The monoisotopic (exact) mass is 219 g/mol. The molecule has 0 spiro atoms. The molecule has 3 nitrogen and oxygen atoms in total. The molecule has 0 saturated carbocycles. The summed E-state index contributed by atoms with van der Waals surface area (Å²) in [4.78, 5) is 13.4. The van der Waals surface area contributed by atoms with Gasteiger partial charge in [-0.2, -0.15) is 0 Å². The lowest BCUT2D eigenvalue weighted by Crippen LogP contribution is -2.43. The molecule has 0 aliphatic carbocycles. The molecule has 1 unspecified atom stereocenters. The van der Waals surface area contributed by atoms with Crippen molar-refractivity contribution in [2.24, 2.45) is 0 Å². The second kappa shape index (κ2) is 4.56. The number of nitrogens with zero attached hydrogens (tertiary/aromatic N) is 1. The molecule has 1 saturated heterocycles. The number of carbonyl (C=O) groups excluding carboxylic acids is 1. The van der Waals surface area contributed by atoms with Crippen molar-refractivity contribution in [3.8, 4) is 0 Å². The second-order valence-electron chi connectivity index (χ2n) is 4.31. The lowest BCUT2D eigenvalue weighted by atomic mass is 10.1. The van der Waals surface area contributed by atoms with Crippen LogP contribution in [0.25, 0.3) is 0 Å². The number of cyclic esters (lactones) is 1. The molecule has 1 fully saturated rings. The van der Waals surface area contributed by atoms with Crippen molar-refractivity contribution >= 4 is 6.09 Å².